The van der Waals surface area contributed by atoms with Gasteiger partial charge in [0.1, 0.15) is 5.82 Å². The third-order valence-corrected chi connectivity index (χ3v) is 5.85. The molecule has 5 rings (SSSR count). The summed E-state index contributed by atoms with van der Waals surface area (Å²) >= 11 is 6.21. The van der Waals surface area contributed by atoms with Crippen molar-refractivity contribution in [2.45, 2.75) is 39.2 Å². The first-order valence-electron chi connectivity index (χ1n) is 10.4. The summed E-state index contributed by atoms with van der Waals surface area (Å²) < 4.78 is 4.02. The van der Waals surface area contributed by atoms with E-state index in [1.165, 1.54) is 5.56 Å². The Bertz CT molecular complexity index is 1270. The average Bonchev–Trinajstić information content (AvgIpc) is 3.38. The Kier molecular flexibility index (Phi) is 5.16. The van der Waals surface area contributed by atoms with Crippen molar-refractivity contribution in [1.82, 2.24) is 29.3 Å². The molecule has 1 aliphatic rings. The molecule has 0 saturated heterocycles. The van der Waals surface area contributed by atoms with Crippen LogP contribution >= 0.6 is 11.6 Å². The summed E-state index contributed by atoms with van der Waals surface area (Å²) in [6, 6.07) is 12.1. The smallest absolute Gasteiger partial charge is 0.174 e. The molecule has 4 heterocycles. The lowest BCUT2D eigenvalue weighted by Gasteiger charge is -2.22. The zero-order valence-corrected chi connectivity index (χ0v) is 18.3. The highest BCUT2D eigenvalue weighted by Crippen LogP contribution is 2.33. The summed E-state index contributed by atoms with van der Waals surface area (Å²) in [4.78, 5) is 13.8. The van der Waals surface area contributed by atoms with Crippen LogP contribution in [0.3, 0.4) is 0 Å². The summed E-state index contributed by atoms with van der Waals surface area (Å²) in [7, 11) is 0. The minimum Gasteiger partial charge on any atom is -0.304 e. The molecule has 0 aliphatic carbocycles. The second-order valence-corrected chi connectivity index (χ2v) is 8.33. The van der Waals surface area contributed by atoms with E-state index >= 15 is 0 Å². The molecule has 0 fully saturated rings. The van der Waals surface area contributed by atoms with E-state index in [4.69, 9.17) is 26.7 Å². The van der Waals surface area contributed by atoms with Gasteiger partial charge < -0.3 is 4.57 Å². The number of fused-ring (bicyclic) bond motifs is 1. The minimum absolute atomic E-state index is 0.223. The maximum Gasteiger partial charge on any atom is 0.174 e. The SMILES string of the molecule is Cc1cn(-c2ccc(/C=C/c3nc4n(n3)CCC[C@H]4c3cccc(Cl)c3)nc2C)cn1. The molecule has 0 amide bonds. The Hall–Kier alpha value is -3.25. The third kappa shape index (κ3) is 4.03. The minimum atomic E-state index is 0.223. The van der Waals surface area contributed by atoms with Crippen molar-refractivity contribution in [2.24, 2.45) is 0 Å². The van der Waals surface area contributed by atoms with Crippen LogP contribution in [0.15, 0.2) is 48.9 Å². The Morgan fingerprint density at radius 1 is 1.10 bits per heavy atom. The molecule has 0 unspecified atom stereocenters. The second kappa shape index (κ2) is 8.12. The number of benzene rings is 1. The van der Waals surface area contributed by atoms with Crippen LogP contribution in [0.5, 0.6) is 0 Å². The summed E-state index contributed by atoms with van der Waals surface area (Å²) in [6.07, 6.45) is 9.83. The quantitative estimate of drug-likeness (QED) is 0.445. The topological polar surface area (TPSA) is 61.4 Å². The van der Waals surface area contributed by atoms with E-state index in [0.29, 0.717) is 5.82 Å². The largest absolute Gasteiger partial charge is 0.304 e. The average molecular weight is 431 g/mol. The molecule has 1 aliphatic heterocycles. The van der Waals surface area contributed by atoms with E-state index in [1.807, 2.05) is 72.0 Å². The van der Waals surface area contributed by atoms with E-state index in [1.54, 1.807) is 0 Å². The van der Waals surface area contributed by atoms with Gasteiger partial charge in [0, 0.05) is 23.7 Å². The number of imidazole rings is 1. The van der Waals surface area contributed by atoms with Crippen molar-refractivity contribution in [3.05, 3.63) is 88.2 Å². The second-order valence-electron chi connectivity index (χ2n) is 7.90. The molecule has 1 atom stereocenters. The number of aromatic nitrogens is 6. The maximum atomic E-state index is 6.21. The zero-order chi connectivity index (χ0) is 21.4. The fourth-order valence-corrected chi connectivity index (χ4v) is 4.33. The van der Waals surface area contributed by atoms with Gasteiger partial charge in [-0.05, 0) is 68.7 Å². The van der Waals surface area contributed by atoms with Gasteiger partial charge in [-0.3, -0.25) is 4.98 Å². The number of pyridine rings is 1. The van der Waals surface area contributed by atoms with Crippen molar-refractivity contribution < 1.29 is 0 Å². The Labute approximate surface area is 186 Å². The molecule has 7 heteroatoms. The molecule has 4 aromatic rings. The van der Waals surface area contributed by atoms with E-state index in [2.05, 4.69) is 17.1 Å². The highest BCUT2D eigenvalue weighted by atomic mass is 35.5. The molecule has 6 nitrogen and oxygen atoms in total. The van der Waals surface area contributed by atoms with Gasteiger partial charge in [-0.15, -0.1) is 0 Å². The van der Waals surface area contributed by atoms with Crippen LogP contribution in [0.4, 0.5) is 0 Å². The number of nitrogens with zero attached hydrogens (tertiary/aromatic N) is 6. The van der Waals surface area contributed by atoms with Crippen LogP contribution in [0.1, 0.15) is 53.1 Å². The molecule has 3 aromatic heterocycles. The predicted molar refractivity (Wildman–Crippen MR) is 122 cm³/mol. The molecule has 1 aromatic carbocycles. The van der Waals surface area contributed by atoms with Gasteiger partial charge in [0.25, 0.3) is 0 Å². The van der Waals surface area contributed by atoms with E-state index < -0.39 is 0 Å². The molecule has 0 N–H and O–H groups in total. The number of hydrogen-bond donors (Lipinski definition) is 0. The van der Waals surface area contributed by atoms with Crippen molar-refractivity contribution >= 4 is 23.8 Å². The van der Waals surface area contributed by atoms with E-state index in [-0.39, 0.29) is 5.92 Å². The van der Waals surface area contributed by atoms with Crippen LogP contribution < -0.4 is 0 Å². The lowest BCUT2D eigenvalue weighted by Crippen LogP contribution is -2.17. The highest BCUT2D eigenvalue weighted by Gasteiger charge is 2.25. The van der Waals surface area contributed by atoms with Crippen LogP contribution in [0.2, 0.25) is 5.02 Å². The van der Waals surface area contributed by atoms with Crippen molar-refractivity contribution in [3.63, 3.8) is 0 Å². The van der Waals surface area contributed by atoms with Crippen LogP contribution in [-0.2, 0) is 6.54 Å². The van der Waals surface area contributed by atoms with Crippen LogP contribution in [0, 0.1) is 13.8 Å². The number of halogens is 1. The molecule has 31 heavy (non-hydrogen) atoms. The summed E-state index contributed by atoms with van der Waals surface area (Å²) in [6.45, 7) is 4.87. The molecule has 0 radical (unpaired) electrons. The lowest BCUT2D eigenvalue weighted by atomic mass is 9.91. The summed E-state index contributed by atoms with van der Waals surface area (Å²) in [5.41, 5.74) is 5.01. The molecular formula is C24H23ClN6. The molecule has 156 valence electrons. The van der Waals surface area contributed by atoms with Gasteiger partial charge in [0.05, 0.1) is 29.1 Å². The summed E-state index contributed by atoms with van der Waals surface area (Å²) in [5.74, 6) is 1.93. The van der Waals surface area contributed by atoms with Crippen LogP contribution in [-0.4, -0.2) is 29.3 Å². The van der Waals surface area contributed by atoms with Crippen molar-refractivity contribution in [3.8, 4) is 5.69 Å². The highest BCUT2D eigenvalue weighted by molar-refractivity contribution is 6.30. The van der Waals surface area contributed by atoms with Crippen molar-refractivity contribution in [1.29, 1.82) is 0 Å². The fraction of sp³-hybridized carbons (Fsp3) is 0.250. The monoisotopic (exact) mass is 430 g/mol. The number of aryl methyl sites for hydroxylation is 3. The van der Waals surface area contributed by atoms with Gasteiger partial charge in [-0.25, -0.2) is 14.6 Å². The molecule has 0 saturated carbocycles. The van der Waals surface area contributed by atoms with Crippen molar-refractivity contribution in [2.75, 3.05) is 0 Å². The Morgan fingerprint density at radius 2 is 2.00 bits per heavy atom. The predicted octanol–water partition coefficient (Wildman–Crippen LogP) is 5.23. The lowest BCUT2D eigenvalue weighted by molar-refractivity contribution is 0.445. The van der Waals surface area contributed by atoms with Gasteiger partial charge in [-0.2, -0.15) is 5.10 Å². The van der Waals surface area contributed by atoms with Gasteiger partial charge >= 0.3 is 0 Å². The molecule has 0 spiro atoms. The third-order valence-electron chi connectivity index (χ3n) is 5.61. The normalized spacial score (nSPS) is 16.0. The standard InChI is InChI=1S/C24H23ClN6/c1-16-14-30(15-26-16)22-10-8-20(27-17(22)2)9-11-23-28-24-21(7-4-12-31(24)29-23)18-5-3-6-19(25)13-18/h3,5-6,8-11,13-15,21H,4,7,12H2,1-2H3/b11-9+/t21-/m0/s1. The van der Waals surface area contributed by atoms with Crippen LogP contribution in [0.25, 0.3) is 17.8 Å². The fourth-order valence-electron chi connectivity index (χ4n) is 4.13. The number of rotatable bonds is 4. The Morgan fingerprint density at radius 3 is 2.77 bits per heavy atom. The first-order chi connectivity index (χ1) is 15.1. The van der Waals surface area contributed by atoms with Gasteiger partial charge in [0.2, 0.25) is 0 Å². The first-order valence-corrected chi connectivity index (χ1v) is 10.8. The number of hydrogen-bond acceptors (Lipinski definition) is 4. The Balaban J connectivity index is 1.39. The van der Waals surface area contributed by atoms with E-state index in [9.17, 15) is 0 Å². The van der Waals surface area contributed by atoms with Gasteiger partial charge in [-0.1, -0.05) is 23.7 Å². The summed E-state index contributed by atoms with van der Waals surface area (Å²) in [5, 5.41) is 5.45. The maximum absolute atomic E-state index is 6.21. The first kappa shape index (κ1) is 19.7. The van der Waals surface area contributed by atoms with E-state index in [0.717, 1.165) is 53.0 Å². The zero-order valence-electron chi connectivity index (χ0n) is 17.5. The van der Waals surface area contributed by atoms with Gasteiger partial charge in [0.15, 0.2) is 5.82 Å². The molecule has 0 bridgehead atoms. The molecular weight excluding hydrogens is 408 g/mol.